The van der Waals surface area contributed by atoms with Gasteiger partial charge in [-0.15, -0.1) is 0 Å². The molecule has 1 aromatic heterocycles. The molecule has 3 rings (SSSR count). The van der Waals surface area contributed by atoms with Crippen molar-refractivity contribution in [2.24, 2.45) is 0 Å². The number of para-hydroxylation sites is 1. The minimum Gasteiger partial charge on any atom is -0.351 e. The summed E-state index contributed by atoms with van der Waals surface area (Å²) < 4.78 is 14.0. The van der Waals surface area contributed by atoms with E-state index >= 15 is 0 Å². The number of nitrogens with one attached hydrogen (secondary N) is 1. The highest BCUT2D eigenvalue weighted by molar-refractivity contribution is 7.99. The number of carbonyl (C=O) groups is 1. The van der Waals surface area contributed by atoms with Crippen molar-refractivity contribution in [2.45, 2.75) is 11.7 Å². The lowest BCUT2D eigenvalue weighted by Crippen LogP contribution is -2.31. The van der Waals surface area contributed by atoms with E-state index in [4.69, 9.17) is 17.4 Å². The molecule has 6 nitrogen and oxygen atoms in total. The lowest BCUT2D eigenvalue weighted by atomic mass is 10.2. The molecule has 0 fully saturated rings. The molecule has 0 unspecified atom stereocenters. The van der Waals surface area contributed by atoms with Gasteiger partial charge in [0.2, 0.25) is 5.91 Å². The predicted octanol–water partition coefficient (Wildman–Crippen LogP) is 2.31. The molecule has 1 heterocycles. The first-order valence-corrected chi connectivity index (χ1v) is 8.92. The van der Waals surface area contributed by atoms with Gasteiger partial charge in [-0.1, -0.05) is 41.6 Å². The molecule has 134 valence electrons. The second kappa shape index (κ2) is 7.76. The number of fused-ring (bicyclic) bond motifs is 1. The number of hydrogen-bond donors (Lipinski definition) is 2. The zero-order valence-electron chi connectivity index (χ0n) is 13.4. The Kier molecular flexibility index (Phi) is 5.43. The molecule has 0 atom stereocenters. The molecule has 9 heteroatoms. The van der Waals surface area contributed by atoms with E-state index in [0.29, 0.717) is 16.5 Å². The fourth-order valence-corrected chi connectivity index (χ4v) is 3.21. The number of thioether (sulfide) groups is 1. The third-order valence-electron chi connectivity index (χ3n) is 3.58. The predicted molar refractivity (Wildman–Crippen MR) is 100 cm³/mol. The van der Waals surface area contributed by atoms with E-state index in [1.54, 1.807) is 24.3 Å². The van der Waals surface area contributed by atoms with Crippen molar-refractivity contribution in [1.82, 2.24) is 15.0 Å². The van der Waals surface area contributed by atoms with Crippen LogP contribution in [0, 0.1) is 5.82 Å². The van der Waals surface area contributed by atoms with Gasteiger partial charge in [0.25, 0.3) is 5.56 Å². The number of nitrogen functional groups attached to an aromatic ring is 1. The van der Waals surface area contributed by atoms with Crippen molar-refractivity contribution in [3.63, 3.8) is 0 Å². The number of aromatic nitrogens is 2. The van der Waals surface area contributed by atoms with Crippen LogP contribution in [0.1, 0.15) is 5.56 Å². The van der Waals surface area contributed by atoms with Gasteiger partial charge in [0, 0.05) is 6.54 Å². The van der Waals surface area contributed by atoms with Gasteiger partial charge in [-0.2, -0.15) is 0 Å². The van der Waals surface area contributed by atoms with Gasteiger partial charge in [0.15, 0.2) is 5.16 Å². The monoisotopic (exact) mass is 392 g/mol. The number of benzene rings is 2. The first-order valence-electron chi connectivity index (χ1n) is 7.56. The summed E-state index contributed by atoms with van der Waals surface area (Å²) in [5, 5.41) is 3.35. The van der Waals surface area contributed by atoms with Gasteiger partial charge >= 0.3 is 0 Å². The standard InChI is InChI=1S/C17H14ClFN4O2S/c18-12-7-10(5-6-13(12)19)8-21-15(24)9-26-17-22-14-4-2-1-3-11(14)16(25)23(17)20/h1-7H,8-9,20H2,(H,21,24). The number of nitrogens with two attached hydrogens (primary N) is 1. The molecule has 0 saturated heterocycles. The number of carbonyl (C=O) groups excluding carboxylic acids is 1. The zero-order valence-corrected chi connectivity index (χ0v) is 15.0. The Morgan fingerprint density at radius 2 is 2.08 bits per heavy atom. The third-order valence-corrected chi connectivity index (χ3v) is 4.82. The van der Waals surface area contributed by atoms with E-state index in [0.717, 1.165) is 16.4 Å². The lowest BCUT2D eigenvalue weighted by Gasteiger charge is -2.09. The van der Waals surface area contributed by atoms with Crippen molar-refractivity contribution in [1.29, 1.82) is 0 Å². The maximum absolute atomic E-state index is 13.1. The Morgan fingerprint density at radius 3 is 2.85 bits per heavy atom. The zero-order chi connectivity index (χ0) is 18.7. The van der Waals surface area contributed by atoms with Crippen molar-refractivity contribution >= 4 is 40.2 Å². The normalized spacial score (nSPS) is 10.8. The number of nitrogens with zero attached hydrogens (tertiary/aromatic N) is 2. The lowest BCUT2D eigenvalue weighted by molar-refractivity contribution is -0.118. The average molecular weight is 393 g/mol. The molecule has 0 aliphatic carbocycles. The minimum atomic E-state index is -0.513. The van der Waals surface area contributed by atoms with E-state index in [-0.39, 0.29) is 33.9 Å². The average Bonchev–Trinajstić information content (AvgIpc) is 2.64. The molecule has 0 radical (unpaired) electrons. The van der Waals surface area contributed by atoms with Crippen molar-refractivity contribution < 1.29 is 9.18 Å². The highest BCUT2D eigenvalue weighted by Crippen LogP contribution is 2.17. The summed E-state index contributed by atoms with van der Waals surface area (Å²) >= 11 is 6.76. The first-order chi connectivity index (χ1) is 12.5. The Balaban J connectivity index is 1.64. The van der Waals surface area contributed by atoms with E-state index < -0.39 is 5.82 Å². The molecular weight excluding hydrogens is 379 g/mol. The maximum atomic E-state index is 13.1. The van der Waals surface area contributed by atoms with Gasteiger partial charge in [-0.3, -0.25) is 9.59 Å². The summed E-state index contributed by atoms with van der Waals surface area (Å²) in [6.45, 7) is 0.208. The fourth-order valence-electron chi connectivity index (χ4n) is 2.26. The van der Waals surface area contributed by atoms with Crippen molar-refractivity contribution in [3.05, 3.63) is 69.2 Å². The Morgan fingerprint density at radius 1 is 1.31 bits per heavy atom. The van der Waals surface area contributed by atoms with Gasteiger partial charge in [0.1, 0.15) is 5.82 Å². The number of halogens is 2. The van der Waals surface area contributed by atoms with Crippen LogP contribution in [-0.2, 0) is 11.3 Å². The van der Waals surface area contributed by atoms with Crippen LogP contribution in [0.15, 0.2) is 52.4 Å². The molecule has 0 saturated carbocycles. The van der Waals surface area contributed by atoms with Crippen molar-refractivity contribution in [2.75, 3.05) is 11.6 Å². The molecule has 0 bridgehead atoms. The van der Waals surface area contributed by atoms with E-state index in [2.05, 4.69) is 10.3 Å². The molecule has 0 aliphatic heterocycles. The van der Waals surface area contributed by atoms with Crippen LogP contribution in [0.4, 0.5) is 4.39 Å². The maximum Gasteiger partial charge on any atom is 0.280 e. The summed E-state index contributed by atoms with van der Waals surface area (Å²) in [5.41, 5.74) is 0.817. The van der Waals surface area contributed by atoms with E-state index in [9.17, 15) is 14.0 Å². The molecule has 2 aromatic carbocycles. The van der Waals surface area contributed by atoms with Crippen LogP contribution in [0.5, 0.6) is 0 Å². The van der Waals surface area contributed by atoms with Gasteiger partial charge in [0.05, 0.1) is 21.7 Å². The Hall–Kier alpha value is -2.58. The van der Waals surface area contributed by atoms with Gasteiger partial charge < -0.3 is 11.2 Å². The van der Waals surface area contributed by atoms with Crippen LogP contribution in [0.3, 0.4) is 0 Å². The van der Waals surface area contributed by atoms with E-state index in [1.165, 1.54) is 18.2 Å². The number of hydrogen-bond acceptors (Lipinski definition) is 5. The summed E-state index contributed by atoms with van der Waals surface area (Å²) in [5.74, 6) is 5.00. The van der Waals surface area contributed by atoms with Gasteiger partial charge in [-0.25, -0.2) is 14.1 Å². The summed E-state index contributed by atoms with van der Waals surface area (Å²) in [4.78, 5) is 28.5. The molecule has 1 amide bonds. The molecule has 3 aromatic rings. The summed E-state index contributed by atoms with van der Waals surface area (Å²) in [6.07, 6.45) is 0. The van der Waals surface area contributed by atoms with Crippen LogP contribution < -0.4 is 16.7 Å². The molecule has 3 N–H and O–H groups in total. The SMILES string of the molecule is Nn1c(SCC(=O)NCc2ccc(F)c(Cl)c2)nc2ccccc2c1=O. The summed E-state index contributed by atoms with van der Waals surface area (Å²) in [7, 11) is 0. The second-order valence-corrected chi connectivity index (χ2v) is 6.75. The quantitative estimate of drug-likeness (QED) is 0.395. The smallest absolute Gasteiger partial charge is 0.280 e. The summed E-state index contributed by atoms with van der Waals surface area (Å²) in [6, 6.07) is 11.1. The molecular formula is C17H14ClFN4O2S. The number of amides is 1. The minimum absolute atomic E-state index is 0.00126. The number of rotatable bonds is 5. The van der Waals surface area contributed by atoms with Crippen LogP contribution >= 0.6 is 23.4 Å². The molecule has 0 spiro atoms. The van der Waals surface area contributed by atoms with Crippen molar-refractivity contribution in [3.8, 4) is 0 Å². The van der Waals surface area contributed by atoms with Crippen LogP contribution in [-0.4, -0.2) is 21.3 Å². The topological polar surface area (TPSA) is 90.0 Å². The fraction of sp³-hybridized carbons (Fsp3) is 0.118. The molecule has 26 heavy (non-hydrogen) atoms. The van der Waals surface area contributed by atoms with E-state index in [1.807, 2.05) is 0 Å². The van der Waals surface area contributed by atoms with Gasteiger partial charge in [-0.05, 0) is 29.8 Å². The largest absolute Gasteiger partial charge is 0.351 e. The van der Waals surface area contributed by atoms with Crippen LogP contribution in [0.2, 0.25) is 5.02 Å². The highest BCUT2D eigenvalue weighted by Gasteiger charge is 2.11. The highest BCUT2D eigenvalue weighted by atomic mass is 35.5. The first kappa shape index (κ1) is 18.2. The Labute approximate surface area is 157 Å². The van der Waals surface area contributed by atoms with Crippen LogP contribution in [0.25, 0.3) is 10.9 Å². The molecule has 0 aliphatic rings. The Bertz CT molecular complexity index is 1040. The third kappa shape index (κ3) is 3.97. The second-order valence-electron chi connectivity index (χ2n) is 5.40.